The lowest BCUT2D eigenvalue weighted by Gasteiger charge is -2.23. The van der Waals surface area contributed by atoms with Crippen LogP contribution in [0.5, 0.6) is 0 Å². The van der Waals surface area contributed by atoms with E-state index in [-0.39, 0.29) is 6.42 Å². The molecule has 0 aliphatic heterocycles. The Bertz CT molecular complexity index is 361. The molecule has 0 saturated heterocycles. The van der Waals surface area contributed by atoms with E-state index in [1.165, 1.54) is 5.56 Å². The van der Waals surface area contributed by atoms with Gasteiger partial charge in [0.05, 0.1) is 6.42 Å². The van der Waals surface area contributed by atoms with Gasteiger partial charge in [0.2, 0.25) is 0 Å². The molecule has 1 rings (SSSR count). The first kappa shape index (κ1) is 12.6. The first-order valence-electron chi connectivity index (χ1n) is 5.54. The van der Waals surface area contributed by atoms with Crippen molar-refractivity contribution in [3.05, 3.63) is 29.8 Å². The van der Waals surface area contributed by atoms with Crippen molar-refractivity contribution in [2.75, 3.05) is 18.5 Å². The summed E-state index contributed by atoms with van der Waals surface area (Å²) in [6, 6.07) is 8.14. The van der Waals surface area contributed by atoms with Crippen molar-refractivity contribution in [2.45, 2.75) is 26.2 Å². The van der Waals surface area contributed by atoms with Gasteiger partial charge in [0, 0.05) is 19.3 Å². The van der Waals surface area contributed by atoms with E-state index >= 15 is 0 Å². The molecular weight excluding hydrogens is 202 g/mol. The van der Waals surface area contributed by atoms with Gasteiger partial charge < -0.3 is 10.0 Å². The van der Waals surface area contributed by atoms with Gasteiger partial charge >= 0.3 is 5.97 Å². The van der Waals surface area contributed by atoms with Crippen molar-refractivity contribution >= 4 is 11.7 Å². The molecule has 0 unspecified atom stereocenters. The van der Waals surface area contributed by atoms with Gasteiger partial charge in [-0.15, -0.1) is 0 Å². The first-order valence-corrected chi connectivity index (χ1v) is 5.54. The van der Waals surface area contributed by atoms with E-state index in [9.17, 15) is 4.79 Å². The van der Waals surface area contributed by atoms with Gasteiger partial charge in [0.1, 0.15) is 0 Å². The fraction of sp³-hybridized carbons (Fsp3) is 0.462. The van der Waals surface area contributed by atoms with Gasteiger partial charge in [0.15, 0.2) is 0 Å². The van der Waals surface area contributed by atoms with Crippen molar-refractivity contribution in [1.82, 2.24) is 0 Å². The number of nitrogens with zero attached hydrogens (tertiary/aromatic N) is 1. The van der Waals surface area contributed by atoms with Crippen LogP contribution in [0, 0.1) is 0 Å². The van der Waals surface area contributed by atoms with E-state index in [2.05, 4.69) is 19.9 Å². The summed E-state index contributed by atoms with van der Waals surface area (Å²) in [6.45, 7) is 4.83. The molecule has 0 spiro atoms. The molecule has 0 amide bonds. The summed E-state index contributed by atoms with van der Waals surface area (Å²) in [6.07, 6.45) is 0.170. The standard InChI is InChI=1S/C13H19NO2/c1-10(2)11-6-4-5-7-12(11)14(3)9-8-13(15)16/h4-7,10H,8-9H2,1-3H3,(H,15,16). The number of anilines is 1. The highest BCUT2D eigenvalue weighted by molar-refractivity contribution is 5.68. The predicted molar refractivity (Wildman–Crippen MR) is 66.1 cm³/mol. The minimum Gasteiger partial charge on any atom is -0.481 e. The number of carbonyl (C=O) groups is 1. The average molecular weight is 221 g/mol. The van der Waals surface area contributed by atoms with E-state index in [0.29, 0.717) is 12.5 Å². The highest BCUT2D eigenvalue weighted by atomic mass is 16.4. The van der Waals surface area contributed by atoms with Crippen molar-refractivity contribution in [2.24, 2.45) is 0 Å². The van der Waals surface area contributed by atoms with Crippen LogP contribution in [-0.2, 0) is 4.79 Å². The van der Waals surface area contributed by atoms with Crippen LogP contribution in [0.4, 0.5) is 5.69 Å². The Kier molecular flexibility index (Phi) is 4.35. The molecule has 0 saturated carbocycles. The molecule has 0 heterocycles. The van der Waals surface area contributed by atoms with Crippen LogP contribution in [-0.4, -0.2) is 24.7 Å². The van der Waals surface area contributed by atoms with Gasteiger partial charge in [-0.3, -0.25) is 4.79 Å². The molecular formula is C13H19NO2. The highest BCUT2D eigenvalue weighted by Gasteiger charge is 2.10. The number of rotatable bonds is 5. The van der Waals surface area contributed by atoms with E-state index < -0.39 is 5.97 Å². The number of hydrogen-bond donors (Lipinski definition) is 1. The van der Waals surface area contributed by atoms with E-state index in [1.807, 2.05) is 30.1 Å². The molecule has 3 nitrogen and oxygen atoms in total. The van der Waals surface area contributed by atoms with Gasteiger partial charge in [-0.05, 0) is 17.5 Å². The maximum Gasteiger partial charge on any atom is 0.305 e. The summed E-state index contributed by atoms with van der Waals surface area (Å²) in [5, 5.41) is 8.66. The van der Waals surface area contributed by atoms with Crippen LogP contribution >= 0.6 is 0 Å². The minimum atomic E-state index is -0.756. The van der Waals surface area contributed by atoms with E-state index in [1.54, 1.807) is 0 Å². The molecule has 0 aliphatic carbocycles. The molecule has 0 fully saturated rings. The van der Waals surface area contributed by atoms with Crippen molar-refractivity contribution in [1.29, 1.82) is 0 Å². The zero-order valence-corrected chi connectivity index (χ0v) is 10.1. The molecule has 1 aromatic carbocycles. The Morgan fingerprint density at radius 2 is 2.00 bits per heavy atom. The summed E-state index contributed by atoms with van der Waals surface area (Å²) in [5.41, 5.74) is 2.38. The predicted octanol–water partition coefficient (Wildman–Crippen LogP) is 2.72. The van der Waals surface area contributed by atoms with Gasteiger partial charge in [-0.25, -0.2) is 0 Å². The molecule has 0 radical (unpaired) electrons. The second-order valence-corrected chi connectivity index (χ2v) is 4.28. The number of para-hydroxylation sites is 1. The lowest BCUT2D eigenvalue weighted by atomic mass is 10.0. The molecule has 1 aromatic rings. The molecule has 0 atom stereocenters. The summed E-state index contributed by atoms with van der Waals surface area (Å²) in [4.78, 5) is 12.5. The third-order valence-corrected chi connectivity index (χ3v) is 2.63. The van der Waals surface area contributed by atoms with Crippen LogP contribution in [0.1, 0.15) is 31.7 Å². The number of hydrogen-bond acceptors (Lipinski definition) is 2. The molecule has 0 aliphatic rings. The molecule has 0 bridgehead atoms. The maximum atomic E-state index is 10.5. The average Bonchev–Trinajstić information content (AvgIpc) is 2.25. The first-order chi connectivity index (χ1) is 7.52. The third kappa shape index (κ3) is 3.26. The Labute approximate surface area is 96.7 Å². The Hall–Kier alpha value is -1.51. The van der Waals surface area contributed by atoms with Gasteiger partial charge in [0.25, 0.3) is 0 Å². The van der Waals surface area contributed by atoms with Crippen LogP contribution in [0.2, 0.25) is 0 Å². The monoisotopic (exact) mass is 221 g/mol. The topological polar surface area (TPSA) is 40.5 Å². The number of benzene rings is 1. The number of aliphatic carboxylic acids is 1. The maximum absolute atomic E-state index is 10.5. The summed E-state index contributed by atoms with van der Waals surface area (Å²) < 4.78 is 0. The van der Waals surface area contributed by atoms with Crippen molar-refractivity contribution < 1.29 is 9.90 Å². The van der Waals surface area contributed by atoms with E-state index in [0.717, 1.165) is 5.69 Å². The van der Waals surface area contributed by atoms with Crippen LogP contribution in [0.3, 0.4) is 0 Å². The second-order valence-electron chi connectivity index (χ2n) is 4.28. The molecule has 16 heavy (non-hydrogen) atoms. The largest absolute Gasteiger partial charge is 0.481 e. The van der Waals surface area contributed by atoms with Crippen LogP contribution in [0.15, 0.2) is 24.3 Å². The van der Waals surface area contributed by atoms with Gasteiger partial charge in [-0.2, -0.15) is 0 Å². The van der Waals surface area contributed by atoms with Gasteiger partial charge in [-0.1, -0.05) is 32.0 Å². The molecule has 3 heteroatoms. The lowest BCUT2D eigenvalue weighted by Crippen LogP contribution is -2.22. The zero-order chi connectivity index (χ0) is 12.1. The lowest BCUT2D eigenvalue weighted by molar-refractivity contribution is -0.136. The fourth-order valence-corrected chi connectivity index (χ4v) is 1.71. The SMILES string of the molecule is CC(C)c1ccccc1N(C)CCC(=O)O. The van der Waals surface area contributed by atoms with Crippen LogP contribution < -0.4 is 4.90 Å². The molecule has 88 valence electrons. The fourth-order valence-electron chi connectivity index (χ4n) is 1.71. The minimum absolute atomic E-state index is 0.170. The summed E-state index contributed by atoms with van der Waals surface area (Å²) in [7, 11) is 1.93. The Balaban J connectivity index is 2.81. The molecule has 0 aromatic heterocycles. The second kappa shape index (κ2) is 5.54. The number of carboxylic acid groups (broad SMARTS) is 1. The smallest absolute Gasteiger partial charge is 0.305 e. The Morgan fingerprint density at radius 1 is 1.38 bits per heavy atom. The van der Waals surface area contributed by atoms with E-state index in [4.69, 9.17) is 5.11 Å². The summed E-state index contributed by atoms with van der Waals surface area (Å²) in [5.74, 6) is -0.308. The third-order valence-electron chi connectivity index (χ3n) is 2.63. The molecule has 1 N–H and O–H groups in total. The zero-order valence-electron chi connectivity index (χ0n) is 10.1. The highest BCUT2D eigenvalue weighted by Crippen LogP contribution is 2.26. The van der Waals surface area contributed by atoms with Crippen LogP contribution in [0.25, 0.3) is 0 Å². The normalized spacial score (nSPS) is 10.5. The van der Waals surface area contributed by atoms with Crippen molar-refractivity contribution in [3.63, 3.8) is 0 Å². The van der Waals surface area contributed by atoms with Crippen molar-refractivity contribution in [3.8, 4) is 0 Å². The number of carboxylic acids is 1. The summed E-state index contributed by atoms with van der Waals surface area (Å²) >= 11 is 0. The Morgan fingerprint density at radius 3 is 2.56 bits per heavy atom. The quantitative estimate of drug-likeness (QED) is 0.831.